The molecule has 0 bridgehead atoms. The first-order valence-electron chi connectivity index (χ1n) is 10.1. The van der Waals surface area contributed by atoms with Crippen molar-refractivity contribution in [3.63, 3.8) is 0 Å². The van der Waals surface area contributed by atoms with Crippen LogP contribution in [0.2, 0.25) is 0 Å². The summed E-state index contributed by atoms with van der Waals surface area (Å²) in [7, 11) is 3.07. The second-order valence-corrected chi connectivity index (χ2v) is 7.58. The standard InChI is InChI=1S/C21H33N3O5/c1-15(2)24(17-7-5-10-22-14-17)20(25)16-8-9-18(28-4)19(13-16)29-12-6-11-23(3)21(26)27/h8-9,13,15,17,22H,5-7,10-12,14H2,1-4H3,(H,26,27)/t17-/m1/s1. The lowest BCUT2D eigenvalue weighted by atomic mass is 10.0. The van der Waals surface area contributed by atoms with Gasteiger partial charge in [0, 0.05) is 37.8 Å². The average molecular weight is 408 g/mol. The van der Waals surface area contributed by atoms with Gasteiger partial charge in [0.25, 0.3) is 5.91 Å². The van der Waals surface area contributed by atoms with Gasteiger partial charge in [-0.15, -0.1) is 0 Å². The van der Waals surface area contributed by atoms with Gasteiger partial charge < -0.3 is 29.7 Å². The molecule has 1 heterocycles. The maximum absolute atomic E-state index is 13.3. The van der Waals surface area contributed by atoms with E-state index in [-0.39, 0.29) is 18.0 Å². The van der Waals surface area contributed by atoms with Crippen molar-refractivity contribution < 1.29 is 24.2 Å². The molecule has 162 valence electrons. The summed E-state index contributed by atoms with van der Waals surface area (Å²) in [5, 5.41) is 12.3. The molecule has 2 amide bonds. The third kappa shape index (κ3) is 6.25. The first kappa shape index (κ1) is 22.8. The Morgan fingerprint density at radius 1 is 1.31 bits per heavy atom. The summed E-state index contributed by atoms with van der Waals surface area (Å²) in [4.78, 5) is 27.3. The SMILES string of the molecule is COc1ccc(C(=O)N(C(C)C)[C@@H]2CCCNC2)cc1OCCCN(C)C(=O)O. The van der Waals surface area contributed by atoms with Gasteiger partial charge in [0.1, 0.15) is 0 Å². The molecule has 1 fully saturated rings. The van der Waals surface area contributed by atoms with Crippen LogP contribution in [0.15, 0.2) is 18.2 Å². The number of nitrogens with zero attached hydrogens (tertiary/aromatic N) is 2. The monoisotopic (exact) mass is 407 g/mol. The molecule has 0 radical (unpaired) electrons. The fraction of sp³-hybridized carbons (Fsp3) is 0.619. The molecular weight excluding hydrogens is 374 g/mol. The summed E-state index contributed by atoms with van der Waals surface area (Å²) in [5.74, 6) is 1.01. The normalized spacial score (nSPS) is 16.4. The number of carbonyl (C=O) groups is 2. The van der Waals surface area contributed by atoms with Crippen LogP contribution >= 0.6 is 0 Å². The number of piperidine rings is 1. The van der Waals surface area contributed by atoms with E-state index in [0.717, 1.165) is 25.9 Å². The van der Waals surface area contributed by atoms with Gasteiger partial charge in [-0.3, -0.25) is 4.79 Å². The van der Waals surface area contributed by atoms with Gasteiger partial charge in [0.15, 0.2) is 11.5 Å². The van der Waals surface area contributed by atoms with E-state index in [0.29, 0.717) is 36.6 Å². The van der Waals surface area contributed by atoms with E-state index < -0.39 is 6.09 Å². The average Bonchev–Trinajstić information content (AvgIpc) is 2.71. The maximum Gasteiger partial charge on any atom is 0.407 e. The van der Waals surface area contributed by atoms with Crippen LogP contribution in [0.1, 0.15) is 43.5 Å². The number of hydrogen-bond acceptors (Lipinski definition) is 5. The Hall–Kier alpha value is -2.48. The Kier molecular flexibility index (Phi) is 8.57. The minimum absolute atomic E-state index is 0.0215. The topological polar surface area (TPSA) is 91.3 Å². The van der Waals surface area contributed by atoms with Crippen LogP contribution in [0.4, 0.5) is 4.79 Å². The summed E-state index contributed by atoms with van der Waals surface area (Å²) >= 11 is 0. The van der Waals surface area contributed by atoms with Crippen molar-refractivity contribution in [2.24, 2.45) is 0 Å². The molecule has 8 nitrogen and oxygen atoms in total. The first-order chi connectivity index (χ1) is 13.8. The van der Waals surface area contributed by atoms with E-state index in [1.807, 2.05) is 18.7 Å². The van der Waals surface area contributed by atoms with Gasteiger partial charge in [-0.2, -0.15) is 0 Å². The Morgan fingerprint density at radius 3 is 2.66 bits per heavy atom. The van der Waals surface area contributed by atoms with Crippen molar-refractivity contribution in [1.82, 2.24) is 15.1 Å². The smallest absolute Gasteiger partial charge is 0.407 e. The molecule has 1 saturated heterocycles. The Labute approximate surface area is 172 Å². The number of benzene rings is 1. The lowest BCUT2D eigenvalue weighted by Gasteiger charge is -2.37. The van der Waals surface area contributed by atoms with Gasteiger partial charge in [0.2, 0.25) is 0 Å². The molecule has 8 heteroatoms. The lowest BCUT2D eigenvalue weighted by molar-refractivity contribution is 0.0573. The molecule has 2 N–H and O–H groups in total. The van der Waals surface area contributed by atoms with E-state index in [9.17, 15) is 9.59 Å². The van der Waals surface area contributed by atoms with Crippen molar-refractivity contribution in [2.45, 2.75) is 45.2 Å². The van der Waals surface area contributed by atoms with E-state index in [2.05, 4.69) is 5.32 Å². The van der Waals surface area contributed by atoms with Crippen molar-refractivity contribution in [3.05, 3.63) is 23.8 Å². The van der Waals surface area contributed by atoms with Gasteiger partial charge in [-0.05, 0) is 57.9 Å². The molecule has 0 aliphatic carbocycles. The molecule has 1 atom stereocenters. The number of amides is 2. The molecule has 2 rings (SSSR count). The van der Waals surface area contributed by atoms with Crippen molar-refractivity contribution in [1.29, 1.82) is 0 Å². The van der Waals surface area contributed by atoms with Gasteiger partial charge in [-0.25, -0.2) is 4.79 Å². The van der Waals surface area contributed by atoms with Crippen LogP contribution in [-0.4, -0.2) is 79.4 Å². The molecule has 1 aromatic rings. The van der Waals surface area contributed by atoms with Crippen LogP contribution < -0.4 is 14.8 Å². The fourth-order valence-electron chi connectivity index (χ4n) is 3.54. The second-order valence-electron chi connectivity index (χ2n) is 7.58. The van der Waals surface area contributed by atoms with E-state index >= 15 is 0 Å². The highest BCUT2D eigenvalue weighted by Crippen LogP contribution is 2.29. The zero-order valence-electron chi connectivity index (χ0n) is 17.8. The number of nitrogens with one attached hydrogen (secondary N) is 1. The predicted molar refractivity (Wildman–Crippen MR) is 111 cm³/mol. The number of carboxylic acid groups (broad SMARTS) is 1. The molecule has 0 unspecified atom stereocenters. The first-order valence-corrected chi connectivity index (χ1v) is 10.1. The third-order valence-corrected chi connectivity index (χ3v) is 5.09. The number of rotatable bonds is 9. The molecule has 1 aliphatic rings. The van der Waals surface area contributed by atoms with Crippen molar-refractivity contribution in [3.8, 4) is 11.5 Å². The van der Waals surface area contributed by atoms with Crippen molar-refractivity contribution >= 4 is 12.0 Å². The van der Waals surface area contributed by atoms with Gasteiger partial charge >= 0.3 is 6.09 Å². The lowest BCUT2D eigenvalue weighted by Crippen LogP contribution is -2.51. The maximum atomic E-state index is 13.3. The molecule has 0 aromatic heterocycles. The van der Waals surface area contributed by atoms with E-state index in [4.69, 9.17) is 14.6 Å². The number of carbonyl (C=O) groups excluding carboxylic acids is 1. The zero-order chi connectivity index (χ0) is 21.4. The summed E-state index contributed by atoms with van der Waals surface area (Å²) in [5.41, 5.74) is 0.558. The zero-order valence-corrected chi connectivity index (χ0v) is 17.8. The highest BCUT2D eigenvalue weighted by Gasteiger charge is 2.28. The van der Waals surface area contributed by atoms with Crippen molar-refractivity contribution in [2.75, 3.05) is 40.4 Å². The molecule has 0 saturated carbocycles. The summed E-state index contributed by atoms with van der Waals surface area (Å²) in [6.45, 7) is 6.56. The molecule has 0 spiro atoms. The fourth-order valence-corrected chi connectivity index (χ4v) is 3.54. The highest BCUT2D eigenvalue weighted by molar-refractivity contribution is 5.95. The quantitative estimate of drug-likeness (QED) is 0.612. The Balaban J connectivity index is 2.10. The summed E-state index contributed by atoms with van der Waals surface area (Å²) in [6.07, 6.45) is 1.62. The van der Waals surface area contributed by atoms with Crippen LogP contribution in [0.5, 0.6) is 11.5 Å². The summed E-state index contributed by atoms with van der Waals surface area (Å²) < 4.78 is 11.2. The number of methoxy groups -OCH3 is 1. The second kappa shape index (κ2) is 10.9. The van der Waals surface area contributed by atoms with E-state index in [1.165, 1.54) is 11.9 Å². The molecular formula is C21H33N3O5. The summed E-state index contributed by atoms with van der Waals surface area (Å²) in [6, 6.07) is 5.48. The molecule has 29 heavy (non-hydrogen) atoms. The van der Waals surface area contributed by atoms with Crippen LogP contribution in [0.25, 0.3) is 0 Å². The van der Waals surface area contributed by atoms with Crippen LogP contribution in [0, 0.1) is 0 Å². The Morgan fingerprint density at radius 2 is 2.07 bits per heavy atom. The number of hydrogen-bond donors (Lipinski definition) is 2. The predicted octanol–water partition coefficient (Wildman–Crippen LogP) is 2.68. The molecule has 1 aromatic carbocycles. The van der Waals surface area contributed by atoms with Gasteiger partial charge in [-0.1, -0.05) is 0 Å². The Bertz CT molecular complexity index is 689. The minimum atomic E-state index is -0.971. The van der Waals surface area contributed by atoms with E-state index in [1.54, 1.807) is 25.3 Å². The van der Waals surface area contributed by atoms with Gasteiger partial charge in [0.05, 0.1) is 13.7 Å². The number of ether oxygens (including phenoxy) is 2. The minimum Gasteiger partial charge on any atom is -0.493 e. The highest BCUT2D eigenvalue weighted by atomic mass is 16.5. The largest absolute Gasteiger partial charge is 0.493 e. The van der Waals surface area contributed by atoms with Crippen LogP contribution in [-0.2, 0) is 0 Å². The third-order valence-electron chi connectivity index (χ3n) is 5.09. The van der Waals surface area contributed by atoms with Crippen LogP contribution in [0.3, 0.4) is 0 Å². The molecule has 1 aliphatic heterocycles.